The van der Waals surface area contributed by atoms with Gasteiger partial charge in [0.1, 0.15) is 11.4 Å². The number of rotatable bonds is 4. The van der Waals surface area contributed by atoms with E-state index >= 15 is 0 Å². The Labute approximate surface area is 199 Å². The van der Waals surface area contributed by atoms with Crippen LogP contribution in [0.4, 0.5) is 19.1 Å². The number of hydrogen-bond acceptors (Lipinski definition) is 8. The molecule has 0 amide bonds. The summed E-state index contributed by atoms with van der Waals surface area (Å²) in [4.78, 5) is 20.4. The molecule has 12 heteroatoms. The van der Waals surface area contributed by atoms with Gasteiger partial charge in [-0.1, -0.05) is 6.07 Å². The molecule has 2 aliphatic rings. The number of benzene rings is 1. The molecule has 2 saturated heterocycles. The van der Waals surface area contributed by atoms with Crippen molar-refractivity contribution in [2.75, 3.05) is 38.1 Å². The van der Waals surface area contributed by atoms with Crippen LogP contribution in [-0.4, -0.2) is 75.7 Å². The van der Waals surface area contributed by atoms with Crippen LogP contribution in [0.3, 0.4) is 0 Å². The van der Waals surface area contributed by atoms with Crippen LogP contribution in [0.25, 0.3) is 22.4 Å². The van der Waals surface area contributed by atoms with Crippen molar-refractivity contribution in [3.63, 3.8) is 0 Å². The molecule has 2 fully saturated rings. The zero-order valence-corrected chi connectivity index (χ0v) is 19.3. The van der Waals surface area contributed by atoms with Crippen LogP contribution in [0.2, 0.25) is 0 Å². The van der Waals surface area contributed by atoms with Gasteiger partial charge in [-0.25, -0.2) is 9.78 Å². The number of carbonyl (C=O) groups is 1. The number of nitrogens with zero attached hydrogens (tertiary/aromatic N) is 6. The number of halogens is 3. The Morgan fingerprint density at radius 3 is 2.46 bits per heavy atom. The normalized spacial score (nSPS) is 17.9. The molecule has 1 spiro atoms. The summed E-state index contributed by atoms with van der Waals surface area (Å²) < 4.78 is 43.5. The highest BCUT2D eigenvalue weighted by atomic mass is 19.4. The van der Waals surface area contributed by atoms with Gasteiger partial charge >= 0.3 is 12.1 Å². The zero-order chi connectivity index (χ0) is 24.8. The van der Waals surface area contributed by atoms with Crippen molar-refractivity contribution in [3.8, 4) is 28.1 Å². The summed E-state index contributed by atoms with van der Waals surface area (Å²) in [7, 11) is 2.12. The van der Waals surface area contributed by atoms with Crippen molar-refractivity contribution < 1.29 is 22.7 Å². The standard InChI is InChI=1S/C23H24F3N7O2/c1-14-17(10-28-29-14)15-3-4-16(19(9-15)35-20(34)23(24,25)26)18-11-27-21(31-30-18)33-12-22(13-33)5-7-32(2)8-6-22/h3-4,9-11H,5-8,12-13H2,1-2H3,(H,28,29). The van der Waals surface area contributed by atoms with E-state index in [4.69, 9.17) is 4.74 Å². The Morgan fingerprint density at radius 2 is 1.86 bits per heavy atom. The number of hydrogen-bond donors (Lipinski definition) is 1. The number of alkyl halides is 3. The molecule has 1 N–H and O–H groups in total. The average Bonchev–Trinajstić information content (AvgIpc) is 3.24. The molecular formula is C23H24F3N7O2. The number of aromatic amines is 1. The molecule has 0 atom stereocenters. The van der Waals surface area contributed by atoms with Crippen LogP contribution < -0.4 is 9.64 Å². The molecule has 3 aromatic rings. The third-order valence-electron chi connectivity index (χ3n) is 6.77. The van der Waals surface area contributed by atoms with Crippen molar-refractivity contribution in [2.24, 2.45) is 5.41 Å². The lowest BCUT2D eigenvalue weighted by Gasteiger charge is -2.53. The number of aryl methyl sites for hydroxylation is 1. The second-order valence-corrected chi connectivity index (χ2v) is 9.31. The largest absolute Gasteiger partial charge is 0.491 e. The van der Waals surface area contributed by atoms with Gasteiger partial charge in [-0.3, -0.25) is 5.10 Å². The molecule has 2 aliphatic heterocycles. The second-order valence-electron chi connectivity index (χ2n) is 9.31. The summed E-state index contributed by atoms with van der Waals surface area (Å²) in [5.41, 5.74) is 2.58. The van der Waals surface area contributed by atoms with Gasteiger partial charge in [-0.15, -0.1) is 10.2 Å². The number of carbonyl (C=O) groups excluding carboxylic acids is 1. The van der Waals surface area contributed by atoms with E-state index in [9.17, 15) is 18.0 Å². The van der Waals surface area contributed by atoms with Gasteiger partial charge in [-0.2, -0.15) is 18.3 Å². The second kappa shape index (κ2) is 8.59. The maximum absolute atomic E-state index is 12.9. The first-order valence-electron chi connectivity index (χ1n) is 11.2. The quantitative estimate of drug-likeness (QED) is 0.442. The lowest BCUT2D eigenvalue weighted by Crippen LogP contribution is -2.60. The van der Waals surface area contributed by atoms with Gasteiger partial charge in [0, 0.05) is 35.3 Å². The molecule has 0 unspecified atom stereocenters. The van der Waals surface area contributed by atoms with Crippen molar-refractivity contribution in [1.82, 2.24) is 30.3 Å². The number of piperidine rings is 1. The first-order chi connectivity index (χ1) is 16.6. The number of esters is 1. The van der Waals surface area contributed by atoms with Crippen LogP contribution >= 0.6 is 0 Å². The van der Waals surface area contributed by atoms with Crippen LogP contribution in [0, 0.1) is 12.3 Å². The maximum Gasteiger partial charge on any atom is 0.491 e. The molecule has 4 heterocycles. The summed E-state index contributed by atoms with van der Waals surface area (Å²) >= 11 is 0. The number of likely N-dealkylation sites (tertiary alicyclic amines) is 1. The van der Waals surface area contributed by atoms with E-state index in [-0.39, 0.29) is 22.4 Å². The van der Waals surface area contributed by atoms with Gasteiger partial charge in [0.2, 0.25) is 5.95 Å². The number of anilines is 1. The van der Waals surface area contributed by atoms with E-state index in [1.165, 1.54) is 18.3 Å². The van der Waals surface area contributed by atoms with Gasteiger partial charge in [0.25, 0.3) is 0 Å². The van der Waals surface area contributed by atoms with Crippen LogP contribution in [0.1, 0.15) is 18.5 Å². The monoisotopic (exact) mass is 487 g/mol. The summed E-state index contributed by atoms with van der Waals surface area (Å²) in [5.74, 6) is -2.14. The predicted octanol–water partition coefficient (Wildman–Crippen LogP) is 3.24. The summed E-state index contributed by atoms with van der Waals surface area (Å²) in [6.07, 6.45) is 0.0862. The molecule has 0 bridgehead atoms. The van der Waals surface area contributed by atoms with Gasteiger partial charge in [0.05, 0.1) is 12.4 Å². The fraction of sp³-hybridized carbons (Fsp3) is 0.435. The van der Waals surface area contributed by atoms with E-state index < -0.39 is 12.1 Å². The summed E-state index contributed by atoms with van der Waals surface area (Å²) in [5, 5.41) is 15.1. The molecule has 0 saturated carbocycles. The molecule has 9 nitrogen and oxygen atoms in total. The van der Waals surface area contributed by atoms with Crippen molar-refractivity contribution in [2.45, 2.75) is 25.9 Å². The molecule has 2 aromatic heterocycles. The average molecular weight is 487 g/mol. The van der Waals surface area contributed by atoms with E-state index in [0.29, 0.717) is 22.8 Å². The van der Waals surface area contributed by atoms with Crippen LogP contribution in [0.5, 0.6) is 5.75 Å². The van der Waals surface area contributed by atoms with E-state index in [1.807, 2.05) is 0 Å². The third-order valence-corrected chi connectivity index (χ3v) is 6.77. The van der Waals surface area contributed by atoms with Crippen LogP contribution in [0.15, 0.2) is 30.6 Å². The summed E-state index contributed by atoms with van der Waals surface area (Å²) in [6.45, 7) is 5.63. The molecule has 35 heavy (non-hydrogen) atoms. The smallest absolute Gasteiger partial charge is 0.419 e. The summed E-state index contributed by atoms with van der Waals surface area (Å²) in [6, 6.07) is 4.57. The highest BCUT2D eigenvalue weighted by Gasteiger charge is 2.45. The van der Waals surface area contributed by atoms with E-state index in [0.717, 1.165) is 39.0 Å². The number of nitrogens with one attached hydrogen (secondary N) is 1. The minimum absolute atomic E-state index is 0.175. The fourth-order valence-corrected chi connectivity index (χ4v) is 4.64. The highest BCUT2D eigenvalue weighted by Crippen LogP contribution is 2.41. The molecule has 0 radical (unpaired) electrons. The van der Waals surface area contributed by atoms with E-state index in [2.05, 4.69) is 42.2 Å². The Morgan fingerprint density at radius 1 is 1.11 bits per heavy atom. The molecule has 5 rings (SSSR count). The lowest BCUT2D eigenvalue weighted by atomic mass is 9.72. The number of aromatic nitrogens is 5. The molecule has 0 aliphatic carbocycles. The topological polar surface area (TPSA) is 100 Å². The third kappa shape index (κ3) is 4.57. The van der Waals surface area contributed by atoms with Crippen molar-refractivity contribution in [1.29, 1.82) is 0 Å². The highest BCUT2D eigenvalue weighted by molar-refractivity contribution is 5.82. The fourth-order valence-electron chi connectivity index (χ4n) is 4.64. The Kier molecular flexibility index (Phi) is 5.70. The number of H-pyrrole nitrogens is 1. The number of ether oxygens (including phenoxy) is 1. The van der Waals surface area contributed by atoms with Crippen molar-refractivity contribution in [3.05, 3.63) is 36.3 Å². The lowest BCUT2D eigenvalue weighted by molar-refractivity contribution is -0.189. The SMILES string of the molecule is Cc1[nH]ncc1-c1ccc(-c2cnc(N3CC4(CCN(C)CC4)C3)nn2)c(OC(=O)C(F)(F)F)c1. The maximum atomic E-state index is 12.9. The van der Waals surface area contributed by atoms with Gasteiger partial charge in [-0.05, 0) is 57.6 Å². The van der Waals surface area contributed by atoms with Gasteiger partial charge in [0.15, 0.2) is 0 Å². The predicted molar refractivity (Wildman–Crippen MR) is 121 cm³/mol. The minimum atomic E-state index is -5.14. The van der Waals surface area contributed by atoms with Crippen LogP contribution in [-0.2, 0) is 4.79 Å². The first-order valence-corrected chi connectivity index (χ1v) is 11.2. The van der Waals surface area contributed by atoms with Crippen molar-refractivity contribution >= 4 is 11.9 Å². The molecule has 184 valence electrons. The van der Waals surface area contributed by atoms with E-state index in [1.54, 1.807) is 19.2 Å². The van der Waals surface area contributed by atoms with Gasteiger partial charge < -0.3 is 14.5 Å². The minimum Gasteiger partial charge on any atom is -0.419 e. The molecule has 1 aromatic carbocycles. The zero-order valence-electron chi connectivity index (χ0n) is 19.3. The Balaban J connectivity index is 1.39. The first kappa shape index (κ1) is 23.2. The molecular weight excluding hydrogens is 463 g/mol. The Hall–Kier alpha value is -3.54. The Bertz CT molecular complexity index is 1230.